The van der Waals surface area contributed by atoms with Gasteiger partial charge in [0, 0.05) is 6.42 Å². The van der Waals surface area contributed by atoms with Crippen molar-refractivity contribution in [2.45, 2.75) is 37.4 Å². The Morgan fingerprint density at radius 3 is 2.54 bits per heavy atom. The molecule has 0 aliphatic carbocycles. The van der Waals surface area contributed by atoms with Crippen molar-refractivity contribution in [1.29, 1.82) is 0 Å². The van der Waals surface area contributed by atoms with Crippen LogP contribution in [-0.2, 0) is 9.53 Å². The largest absolute Gasteiger partial charge is 0.479 e. The second kappa shape index (κ2) is 3.22. The van der Waals surface area contributed by atoms with E-state index >= 15 is 0 Å². The number of aliphatic carboxylic acids is 1. The van der Waals surface area contributed by atoms with E-state index in [1.807, 2.05) is 0 Å². The third kappa shape index (κ3) is 2.16. The maximum absolute atomic E-state index is 10.5. The molecule has 76 valence electrons. The van der Waals surface area contributed by atoms with Gasteiger partial charge in [0.15, 0.2) is 11.9 Å². The lowest BCUT2D eigenvalue weighted by Gasteiger charge is -2.38. The first-order chi connectivity index (χ1) is 5.83. The molecule has 0 bridgehead atoms. The van der Waals surface area contributed by atoms with Crippen LogP contribution in [0.25, 0.3) is 0 Å². The van der Waals surface area contributed by atoms with E-state index in [0.29, 0.717) is 0 Å². The second-order valence-corrected chi connectivity index (χ2v) is 3.31. The molecule has 0 amide bonds. The molecule has 4 N–H and O–H groups in total. The van der Waals surface area contributed by atoms with Crippen molar-refractivity contribution in [2.24, 2.45) is 0 Å². The molecule has 0 aromatic rings. The number of carboxylic acids is 1. The molecule has 1 unspecified atom stereocenters. The van der Waals surface area contributed by atoms with Gasteiger partial charge in [0.25, 0.3) is 0 Å². The normalized spacial score (nSPS) is 46.0. The fraction of sp³-hybridized carbons (Fsp3) is 0.857. The van der Waals surface area contributed by atoms with Gasteiger partial charge in [-0.05, 0) is 6.92 Å². The Balaban J connectivity index is 2.78. The highest BCUT2D eigenvalue weighted by Gasteiger charge is 2.45. The summed E-state index contributed by atoms with van der Waals surface area (Å²) in [5.74, 6) is -3.12. The van der Waals surface area contributed by atoms with Gasteiger partial charge in [0.05, 0.1) is 6.10 Å². The van der Waals surface area contributed by atoms with Gasteiger partial charge < -0.3 is 25.2 Å². The summed E-state index contributed by atoms with van der Waals surface area (Å²) in [5, 5.41) is 36.2. The zero-order valence-corrected chi connectivity index (χ0v) is 7.04. The van der Waals surface area contributed by atoms with Crippen molar-refractivity contribution in [3.05, 3.63) is 0 Å². The molecule has 0 aromatic heterocycles. The SMILES string of the molecule is CC1(O)C[C@@H](O)[C@H](O)[C@@H](C(=O)O)O1. The maximum atomic E-state index is 10.5. The molecule has 1 saturated heterocycles. The molecule has 1 aliphatic rings. The van der Waals surface area contributed by atoms with Crippen molar-refractivity contribution in [3.63, 3.8) is 0 Å². The topological polar surface area (TPSA) is 107 Å². The fourth-order valence-electron chi connectivity index (χ4n) is 1.30. The van der Waals surface area contributed by atoms with E-state index in [1.165, 1.54) is 6.92 Å². The summed E-state index contributed by atoms with van der Waals surface area (Å²) in [6, 6.07) is 0. The number of carboxylic acid groups (broad SMARTS) is 1. The zero-order valence-electron chi connectivity index (χ0n) is 7.04. The van der Waals surface area contributed by atoms with E-state index in [-0.39, 0.29) is 6.42 Å². The average molecular weight is 192 g/mol. The molecule has 6 nitrogen and oxygen atoms in total. The fourth-order valence-corrected chi connectivity index (χ4v) is 1.30. The number of ether oxygens (including phenoxy) is 1. The Kier molecular flexibility index (Phi) is 2.58. The third-order valence-electron chi connectivity index (χ3n) is 1.92. The minimum atomic E-state index is -1.71. The van der Waals surface area contributed by atoms with Crippen LogP contribution in [0.1, 0.15) is 13.3 Å². The Bertz CT molecular complexity index is 213. The van der Waals surface area contributed by atoms with Crippen LogP contribution in [0, 0.1) is 0 Å². The predicted molar refractivity (Wildman–Crippen MR) is 39.8 cm³/mol. The average Bonchev–Trinajstić information content (AvgIpc) is 1.95. The molecule has 1 fully saturated rings. The summed E-state index contributed by atoms with van der Waals surface area (Å²) in [6.45, 7) is 1.23. The molecule has 0 radical (unpaired) electrons. The van der Waals surface area contributed by atoms with Crippen molar-refractivity contribution >= 4 is 5.97 Å². The summed E-state index contributed by atoms with van der Waals surface area (Å²) < 4.78 is 4.66. The molecular formula is C7H12O6. The van der Waals surface area contributed by atoms with E-state index in [4.69, 9.17) is 5.11 Å². The second-order valence-electron chi connectivity index (χ2n) is 3.31. The van der Waals surface area contributed by atoms with Crippen molar-refractivity contribution < 1.29 is 30.0 Å². The smallest absolute Gasteiger partial charge is 0.335 e. The van der Waals surface area contributed by atoms with Crippen LogP contribution < -0.4 is 0 Å². The molecule has 1 heterocycles. The van der Waals surface area contributed by atoms with Gasteiger partial charge in [-0.1, -0.05) is 0 Å². The maximum Gasteiger partial charge on any atom is 0.335 e. The van der Waals surface area contributed by atoms with Crippen LogP contribution in [0.2, 0.25) is 0 Å². The summed E-state index contributed by atoms with van der Waals surface area (Å²) in [4.78, 5) is 10.5. The van der Waals surface area contributed by atoms with Gasteiger partial charge in [-0.15, -0.1) is 0 Å². The lowest BCUT2D eigenvalue weighted by atomic mass is 9.96. The van der Waals surface area contributed by atoms with Crippen LogP contribution in [0.5, 0.6) is 0 Å². The minimum Gasteiger partial charge on any atom is -0.479 e. The number of hydrogen-bond donors (Lipinski definition) is 4. The third-order valence-corrected chi connectivity index (χ3v) is 1.92. The van der Waals surface area contributed by atoms with Crippen molar-refractivity contribution in [1.82, 2.24) is 0 Å². The molecule has 4 atom stereocenters. The molecule has 0 spiro atoms. The summed E-state index contributed by atoms with van der Waals surface area (Å²) >= 11 is 0. The summed E-state index contributed by atoms with van der Waals surface area (Å²) in [6.07, 6.45) is -4.58. The Hall–Kier alpha value is -0.690. The van der Waals surface area contributed by atoms with Crippen LogP contribution in [0.3, 0.4) is 0 Å². The Labute approximate surface area is 74.4 Å². The molecular weight excluding hydrogens is 180 g/mol. The lowest BCUT2D eigenvalue weighted by molar-refractivity contribution is -0.288. The van der Waals surface area contributed by atoms with Gasteiger partial charge in [-0.2, -0.15) is 0 Å². The highest BCUT2D eigenvalue weighted by molar-refractivity contribution is 5.73. The molecule has 13 heavy (non-hydrogen) atoms. The van der Waals surface area contributed by atoms with Gasteiger partial charge in [-0.25, -0.2) is 4.79 Å². The van der Waals surface area contributed by atoms with E-state index in [1.54, 1.807) is 0 Å². The molecule has 0 saturated carbocycles. The molecule has 1 rings (SSSR count). The van der Waals surface area contributed by atoms with Crippen LogP contribution in [-0.4, -0.2) is 50.5 Å². The van der Waals surface area contributed by atoms with Gasteiger partial charge in [0.1, 0.15) is 6.10 Å². The van der Waals surface area contributed by atoms with E-state index in [2.05, 4.69) is 4.74 Å². The minimum absolute atomic E-state index is 0.210. The predicted octanol–water partition coefficient (Wildman–Crippen LogP) is -1.71. The van der Waals surface area contributed by atoms with Crippen LogP contribution >= 0.6 is 0 Å². The molecule has 0 aromatic carbocycles. The Morgan fingerprint density at radius 1 is 1.54 bits per heavy atom. The molecule has 1 aliphatic heterocycles. The van der Waals surface area contributed by atoms with E-state index in [9.17, 15) is 20.1 Å². The first-order valence-corrected chi connectivity index (χ1v) is 3.82. The summed E-state index contributed by atoms with van der Waals surface area (Å²) in [5.41, 5.74) is 0. The highest BCUT2D eigenvalue weighted by atomic mass is 16.6. The van der Waals surface area contributed by atoms with Gasteiger partial charge in [-0.3, -0.25) is 0 Å². The van der Waals surface area contributed by atoms with Gasteiger partial charge in [0.2, 0.25) is 0 Å². The van der Waals surface area contributed by atoms with Gasteiger partial charge >= 0.3 is 5.97 Å². The summed E-state index contributed by atoms with van der Waals surface area (Å²) in [7, 11) is 0. The van der Waals surface area contributed by atoms with Crippen molar-refractivity contribution in [3.8, 4) is 0 Å². The quantitative estimate of drug-likeness (QED) is 0.394. The number of aliphatic hydroxyl groups excluding tert-OH is 2. The molecule has 6 heteroatoms. The number of rotatable bonds is 1. The van der Waals surface area contributed by atoms with Crippen LogP contribution in [0.15, 0.2) is 0 Å². The standard InChI is InChI=1S/C7H12O6/c1-7(12)2-3(8)4(9)5(13-7)6(10)11/h3-5,8-9,12H,2H2,1H3,(H,10,11)/t3-,4+,5+,7?/m1/s1. The Morgan fingerprint density at radius 2 is 2.08 bits per heavy atom. The first-order valence-electron chi connectivity index (χ1n) is 3.82. The number of hydrogen-bond acceptors (Lipinski definition) is 5. The van der Waals surface area contributed by atoms with E-state index < -0.39 is 30.1 Å². The monoisotopic (exact) mass is 192 g/mol. The first kappa shape index (κ1) is 10.4. The number of aliphatic hydroxyl groups is 3. The van der Waals surface area contributed by atoms with Crippen LogP contribution in [0.4, 0.5) is 0 Å². The lowest BCUT2D eigenvalue weighted by Crippen LogP contribution is -2.56. The number of carbonyl (C=O) groups is 1. The van der Waals surface area contributed by atoms with Crippen molar-refractivity contribution in [2.75, 3.05) is 0 Å². The zero-order chi connectivity index (χ0) is 10.2. The highest BCUT2D eigenvalue weighted by Crippen LogP contribution is 2.26. The van der Waals surface area contributed by atoms with E-state index in [0.717, 1.165) is 0 Å².